The van der Waals surface area contributed by atoms with Gasteiger partial charge in [0.05, 0.1) is 6.61 Å². The first-order valence-corrected chi connectivity index (χ1v) is 8.49. The van der Waals surface area contributed by atoms with Crippen LogP contribution in [-0.4, -0.2) is 23.7 Å². The lowest BCUT2D eigenvalue weighted by atomic mass is 9.99. The Morgan fingerprint density at radius 1 is 1.04 bits per heavy atom. The highest BCUT2D eigenvalue weighted by molar-refractivity contribution is 5.93. The average molecular weight is 320 g/mol. The SMILES string of the molecule is CCOC(=O)C(CCCCCCCc1ccc(C)cc1)C(=O)O. The third kappa shape index (κ3) is 7.82. The van der Waals surface area contributed by atoms with Crippen LogP contribution in [0.2, 0.25) is 0 Å². The van der Waals surface area contributed by atoms with E-state index in [1.54, 1.807) is 6.92 Å². The summed E-state index contributed by atoms with van der Waals surface area (Å²) >= 11 is 0. The van der Waals surface area contributed by atoms with Gasteiger partial charge < -0.3 is 9.84 Å². The topological polar surface area (TPSA) is 63.6 Å². The summed E-state index contributed by atoms with van der Waals surface area (Å²) in [5.41, 5.74) is 2.65. The highest BCUT2D eigenvalue weighted by atomic mass is 16.5. The summed E-state index contributed by atoms with van der Waals surface area (Å²) in [7, 11) is 0. The molecule has 1 rings (SSSR count). The van der Waals surface area contributed by atoms with Gasteiger partial charge in [0, 0.05) is 0 Å². The fourth-order valence-corrected chi connectivity index (χ4v) is 2.55. The van der Waals surface area contributed by atoms with E-state index in [4.69, 9.17) is 9.84 Å². The smallest absolute Gasteiger partial charge is 0.320 e. The first-order chi connectivity index (χ1) is 11.0. The van der Waals surface area contributed by atoms with Crippen molar-refractivity contribution in [2.75, 3.05) is 6.61 Å². The Balaban J connectivity index is 2.13. The molecule has 0 aliphatic rings. The zero-order valence-corrected chi connectivity index (χ0v) is 14.2. The molecule has 0 aromatic heterocycles. The molecule has 0 fully saturated rings. The molecule has 1 N–H and O–H groups in total. The Labute approximate surface area is 138 Å². The number of benzene rings is 1. The summed E-state index contributed by atoms with van der Waals surface area (Å²) in [6, 6.07) is 8.62. The number of ether oxygens (including phenoxy) is 1. The first kappa shape index (κ1) is 19.2. The minimum atomic E-state index is -1.08. The highest BCUT2D eigenvalue weighted by Gasteiger charge is 2.26. The third-order valence-corrected chi connectivity index (χ3v) is 3.95. The van der Waals surface area contributed by atoms with E-state index < -0.39 is 17.9 Å². The van der Waals surface area contributed by atoms with Crippen LogP contribution in [0.3, 0.4) is 0 Å². The zero-order valence-electron chi connectivity index (χ0n) is 14.2. The largest absolute Gasteiger partial charge is 0.481 e. The van der Waals surface area contributed by atoms with Crippen molar-refractivity contribution >= 4 is 11.9 Å². The summed E-state index contributed by atoms with van der Waals surface area (Å²) in [5, 5.41) is 9.06. The van der Waals surface area contributed by atoms with Crippen LogP contribution in [0.5, 0.6) is 0 Å². The molecule has 4 nitrogen and oxygen atoms in total. The highest BCUT2D eigenvalue weighted by Crippen LogP contribution is 2.15. The molecule has 1 aromatic carbocycles. The van der Waals surface area contributed by atoms with Gasteiger partial charge in [-0.1, -0.05) is 55.5 Å². The number of hydrogen-bond donors (Lipinski definition) is 1. The fourth-order valence-electron chi connectivity index (χ4n) is 2.55. The second-order valence-electron chi connectivity index (χ2n) is 5.93. The number of esters is 1. The lowest BCUT2D eigenvalue weighted by Crippen LogP contribution is -2.25. The zero-order chi connectivity index (χ0) is 17.1. The number of hydrogen-bond acceptors (Lipinski definition) is 3. The van der Waals surface area contributed by atoms with Crippen molar-refractivity contribution in [2.24, 2.45) is 5.92 Å². The van der Waals surface area contributed by atoms with Crippen molar-refractivity contribution in [2.45, 2.75) is 58.8 Å². The van der Waals surface area contributed by atoms with Crippen molar-refractivity contribution in [3.63, 3.8) is 0 Å². The summed E-state index contributed by atoms with van der Waals surface area (Å²) < 4.78 is 4.80. The van der Waals surface area contributed by atoms with Crippen LogP contribution >= 0.6 is 0 Å². The number of carbonyl (C=O) groups excluding carboxylic acids is 1. The van der Waals surface area contributed by atoms with Crippen molar-refractivity contribution < 1.29 is 19.4 Å². The summed E-state index contributed by atoms with van der Waals surface area (Å²) in [4.78, 5) is 22.6. The molecule has 128 valence electrons. The van der Waals surface area contributed by atoms with Gasteiger partial charge in [0.15, 0.2) is 5.92 Å². The van der Waals surface area contributed by atoms with Crippen molar-refractivity contribution in [3.05, 3.63) is 35.4 Å². The van der Waals surface area contributed by atoms with Crippen LogP contribution in [0.4, 0.5) is 0 Å². The average Bonchev–Trinajstić information content (AvgIpc) is 2.51. The molecule has 23 heavy (non-hydrogen) atoms. The van der Waals surface area contributed by atoms with Crippen molar-refractivity contribution in [1.29, 1.82) is 0 Å². The van der Waals surface area contributed by atoms with Crippen LogP contribution in [-0.2, 0) is 20.7 Å². The van der Waals surface area contributed by atoms with Gasteiger partial charge in [0.2, 0.25) is 0 Å². The maximum atomic E-state index is 11.5. The van der Waals surface area contributed by atoms with Gasteiger partial charge in [-0.3, -0.25) is 9.59 Å². The minimum absolute atomic E-state index is 0.224. The normalized spacial score (nSPS) is 11.9. The van der Waals surface area contributed by atoms with Gasteiger partial charge in [-0.15, -0.1) is 0 Å². The molecular formula is C19H28O4. The number of aliphatic carboxylic acids is 1. The molecule has 0 saturated heterocycles. The molecule has 0 heterocycles. The summed E-state index contributed by atoms with van der Waals surface area (Å²) in [6.07, 6.45) is 6.50. The molecule has 0 radical (unpaired) electrons. The van der Waals surface area contributed by atoms with Gasteiger partial charge >= 0.3 is 11.9 Å². The van der Waals surface area contributed by atoms with E-state index in [1.807, 2.05) is 0 Å². The molecular weight excluding hydrogens is 292 g/mol. The molecule has 0 bridgehead atoms. The van der Waals surface area contributed by atoms with Gasteiger partial charge in [0.1, 0.15) is 0 Å². The van der Waals surface area contributed by atoms with E-state index in [0.29, 0.717) is 6.42 Å². The predicted octanol–water partition coefficient (Wildman–Crippen LogP) is 4.14. The first-order valence-electron chi connectivity index (χ1n) is 8.49. The molecule has 0 aliphatic carbocycles. The minimum Gasteiger partial charge on any atom is -0.481 e. The standard InChI is InChI=1S/C19H28O4/c1-3-23-19(22)17(18(20)21)10-8-6-4-5-7-9-16-13-11-15(2)12-14-16/h11-14,17H,3-10H2,1-2H3,(H,20,21). The van der Waals surface area contributed by atoms with E-state index in [0.717, 1.165) is 38.5 Å². The lowest BCUT2D eigenvalue weighted by Gasteiger charge is -2.10. The molecule has 0 spiro atoms. The van der Waals surface area contributed by atoms with E-state index in [-0.39, 0.29) is 6.61 Å². The second-order valence-corrected chi connectivity index (χ2v) is 5.93. The molecule has 1 atom stereocenters. The van der Waals surface area contributed by atoms with Crippen LogP contribution < -0.4 is 0 Å². The Kier molecular flexibility index (Phi) is 9.03. The van der Waals surface area contributed by atoms with Crippen LogP contribution in [0, 0.1) is 12.8 Å². The Morgan fingerprint density at radius 3 is 2.26 bits per heavy atom. The molecule has 0 aliphatic heterocycles. The van der Waals surface area contributed by atoms with E-state index in [2.05, 4.69) is 31.2 Å². The summed E-state index contributed by atoms with van der Waals surface area (Å²) in [6.45, 7) is 4.00. The Bertz CT molecular complexity index is 479. The van der Waals surface area contributed by atoms with Crippen molar-refractivity contribution in [1.82, 2.24) is 0 Å². The van der Waals surface area contributed by atoms with Gasteiger partial charge in [-0.05, 0) is 38.7 Å². The number of rotatable bonds is 11. The van der Waals surface area contributed by atoms with E-state index in [1.165, 1.54) is 11.1 Å². The Morgan fingerprint density at radius 2 is 1.65 bits per heavy atom. The Hall–Kier alpha value is -1.84. The van der Waals surface area contributed by atoms with Gasteiger partial charge in [-0.25, -0.2) is 0 Å². The molecule has 1 aromatic rings. The second kappa shape index (κ2) is 10.8. The number of carboxylic acids is 1. The van der Waals surface area contributed by atoms with Crippen LogP contribution in [0.15, 0.2) is 24.3 Å². The molecule has 0 saturated carbocycles. The molecule has 1 unspecified atom stereocenters. The number of unbranched alkanes of at least 4 members (excludes halogenated alkanes) is 4. The number of carbonyl (C=O) groups is 2. The summed E-state index contributed by atoms with van der Waals surface area (Å²) in [5.74, 6) is -2.70. The molecule has 4 heteroatoms. The lowest BCUT2D eigenvalue weighted by molar-refractivity contribution is -0.158. The van der Waals surface area contributed by atoms with E-state index in [9.17, 15) is 9.59 Å². The quantitative estimate of drug-likeness (QED) is 0.378. The molecule has 0 amide bonds. The maximum absolute atomic E-state index is 11.5. The van der Waals surface area contributed by atoms with Crippen molar-refractivity contribution in [3.8, 4) is 0 Å². The van der Waals surface area contributed by atoms with Crippen LogP contribution in [0.25, 0.3) is 0 Å². The monoisotopic (exact) mass is 320 g/mol. The maximum Gasteiger partial charge on any atom is 0.320 e. The van der Waals surface area contributed by atoms with Crippen LogP contribution in [0.1, 0.15) is 56.6 Å². The number of aryl methyl sites for hydroxylation is 2. The van der Waals surface area contributed by atoms with E-state index >= 15 is 0 Å². The van der Waals surface area contributed by atoms with Gasteiger partial charge in [0.25, 0.3) is 0 Å². The number of carboxylic acid groups (broad SMARTS) is 1. The predicted molar refractivity (Wildman–Crippen MR) is 90.3 cm³/mol. The van der Waals surface area contributed by atoms with Gasteiger partial charge in [-0.2, -0.15) is 0 Å². The third-order valence-electron chi connectivity index (χ3n) is 3.95. The fraction of sp³-hybridized carbons (Fsp3) is 0.579.